The van der Waals surface area contributed by atoms with E-state index in [9.17, 15) is 4.79 Å². The molecule has 0 N–H and O–H groups in total. The van der Waals surface area contributed by atoms with E-state index in [4.69, 9.17) is 4.74 Å². The van der Waals surface area contributed by atoms with Gasteiger partial charge in [0.15, 0.2) is 0 Å². The van der Waals surface area contributed by atoms with Crippen LogP contribution in [0.5, 0.6) is 0 Å². The monoisotopic (exact) mass is 218 g/mol. The molecule has 1 saturated heterocycles. The van der Waals surface area contributed by atoms with Crippen LogP contribution >= 0.6 is 0 Å². The van der Waals surface area contributed by atoms with Gasteiger partial charge in [-0.2, -0.15) is 0 Å². The minimum Gasteiger partial charge on any atom is -0.376 e. The van der Waals surface area contributed by atoms with Gasteiger partial charge in [-0.25, -0.2) is 0 Å². The van der Waals surface area contributed by atoms with Crippen LogP contribution in [0.15, 0.2) is 31.0 Å². The third-order valence-electron chi connectivity index (χ3n) is 3.51. The second-order valence-corrected chi connectivity index (χ2v) is 4.31. The molecule has 0 saturated carbocycles. The first kappa shape index (κ1) is 9.66. The summed E-state index contributed by atoms with van der Waals surface area (Å²) in [6.45, 7) is 6.34. The van der Waals surface area contributed by atoms with Gasteiger partial charge < -0.3 is 14.2 Å². The van der Waals surface area contributed by atoms with Gasteiger partial charge in [-0.15, -0.1) is 0 Å². The third-order valence-corrected chi connectivity index (χ3v) is 3.51. The molecule has 3 rings (SSSR count). The minimum absolute atomic E-state index is 0.00394. The van der Waals surface area contributed by atoms with Crippen LogP contribution in [0.25, 0.3) is 0 Å². The van der Waals surface area contributed by atoms with E-state index in [1.165, 1.54) is 11.8 Å². The predicted molar refractivity (Wildman–Crippen MR) is 58.8 cm³/mol. The minimum atomic E-state index is -0.243. The van der Waals surface area contributed by atoms with E-state index in [1.807, 2.05) is 11.0 Å². The molecule has 2 aliphatic heterocycles. The van der Waals surface area contributed by atoms with Gasteiger partial charge >= 0.3 is 0 Å². The lowest BCUT2D eigenvalue weighted by Crippen LogP contribution is -2.64. The molecule has 3 heterocycles. The smallest absolute Gasteiger partial charge is 0.246 e. The maximum atomic E-state index is 11.8. The maximum absolute atomic E-state index is 11.8. The summed E-state index contributed by atoms with van der Waals surface area (Å²) in [6, 6.07) is 4.10. The molecule has 0 aliphatic carbocycles. The lowest BCUT2D eigenvalue weighted by Gasteiger charge is -2.52. The average molecular weight is 218 g/mol. The Labute approximate surface area is 94.1 Å². The molecule has 1 aromatic rings. The van der Waals surface area contributed by atoms with E-state index in [-0.39, 0.29) is 11.4 Å². The first-order valence-corrected chi connectivity index (χ1v) is 5.45. The number of nitrogens with zero attached hydrogens (tertiary/aromatic N) is 2. The zero-order chi connectivity index (χ0) is 11.2. The highest BCUT2D eigenvalue weighted by atomic mass is 16.5. The van der Waals surface area contributed by atoms with E-state index < -0.39 is 0 Å². The first-order valence-electron chi connectivity index (χ1n) is 5.45. The summed E-state index contributed by atoms with van der Waals surface area (Å²) >= 11 is 0. The molecular weight excluding hydrogens is 204 g/mol. The molecule has 1 fully saturated rings. The number of fused-ring (bicyclic) bond motifs is 2. The Morgan fingerprint density at radius 3 is 2.94 bits per heavy atom. The normalized spacial score (nSPS) is 21.4. The molecule has 0 unspecified atom stereocenters. The Balaban J connectivity index is 2.06. The average Bonchev–Trinajstić information content (AvgIpc) is 2.72. The molecule has 0 atom stereocenters. The van der Waals surface area contributed by atoms with Crippen LogP contribution in [0.1, 0.15) is 5.69 Å². The summed E-state index contributed by atoms with van der Waals surface area (Å²) in [5, 5.41) is 0. The van der Waals surface area contributed by atoms with Crippen LogP contribution in [0.2, 0.25) is 0 Å². The van der Waals surface area contributed by atoms with Gasteiger partial charge in [0.2, 0.25) is 5.91 Å². The van der Waals surface area contributed by atoms with Crippen molar-refractivity contribution in [2.75, 3.05) is 19.8 Å². The van der Waals surface area contributed by atoms with E-state index in [0.29, 0.717) is 13.2 Å². The van der Waals surface area contributed by atoms with Gasteiger partial charge in [0, 0.05) is 25.0 Å². The number of carbonyl (C=O) groups is 1. The van der Waals surface area contributed by atoms with Crippen LogP contribution in [-0.2, 0) is 21.6 Å². The lowest BCUT2D eigenvalue weighted by molar-refractivity contribution is -0.174. The maximum Gasteiger partial charge on any atom is 0.246 e. The summed E-state index contributed by atoms with van der Waals surface area (Å²) in [4.78, 5) is 13.7. The summed E-state index contributed by atoms with van der Waals surface area (Å²) in [5.74, 6) is -0.00394. The topological polar surface area (TPSA) is 34.5 Å². The molecule has 4 nitrogen and oxygen atoms in total. The molecule has 2 aliphatic rings. The number of hydrogen-bond acceptors (Lipinski definition) is 2. The summed E-state index contributed by atoms with van der Waals surface area (Å²) in [7, 11) is 0. The van der Waals surface area contributed by atoms with Gasteiger partial charge in [0.05, 0.1) is 13.2 Å². The van der Waals surface area contributed by atoms with Crippen molar-refractivity contribution in [2.24, 2.45) is 0 Å². The summed E-state index contributed by atoms with van der Waals surface area (Å²) < 4.78 is 7.53. The lowest BCUT2D eigenvalue weighted by atomic mass is 9.88. The van der Waals surface area contributed by atoms with Crippen molar-refractivity contribution in [3.8, 4) is 0 Å². The number of ether oxygens (including phenoxy) is 1. The van der Waals surface area contributed by atoms with Crippen LogP contribution in [0.4, 0.5) is 0 Å². The fraction of sp³-hybridized carbons (Fsp3) is 0.417. The summed E-state index contributed by atoms with van der Waals surface area (Å²) in [6.07, 6.45) is 3.45. The van der Waals surface area contributed by atoms with Gasteiger partial charge in [-0.05, 0) is 18.2 Å². The molecule has 1 aromatic heterocycles. The SMILES string of the molecule is C=CC(=O)N1CCn2cccc2C12COC2. The number of rotatable bonds is 1. The number of amides is 1. The largest absolute Gasteiger partial charge is 0.376 e. The molecule has 84 valence electrons. The second-order valence-electron chi connectivity index (χ2n) is 4.31. The fourth-order valence-corrected chi connectivity index (χ4v) is 2.62. The van der Waals surface area contributed by atoms with Crippen molar-refractivity contribution in [1.82, 2.24) is 9.47 Å². The van der Waals surface area contributed by atoms with E-state index in [0.717, 1.165) is 13.1 Å². The van der Waals surface area contributed by atoms with Crippen molar-refractivity contribution >= 4 is 5.91 Å². The second kappa shape index (κ2) is 3.22. The van der Waals surface area contributed by atoms with Crippen LogP contribution in [-0.4, -0.2) is 35.1 Å². The Hall–Kier alpha value is -1.55. The van der Waals surface area contributed by atoms with Crippen LogP contribution in [0.3, 0.4) is 0 Å². The van der Waals surface area contributed by atoms with Crippen molar-refractivity contribution in [3.63, 3.8) is 0 Å². The number of hydrogen-bond donors (Lipinski definition) is 0. The van der Waals surface area contributed by atoms with Crippen molar-refractivity contribution in [1.29, 1.82) is 0 Å². The highest BCUT2D eigenvalue weighted by molar-refractivity contribution is 5.88. The summed E-state index contributed by atoms with van der Waals surface area (Å²) in [5.41, 5.74) is 0.938. The van der Waals surface area contributed by atoms with Gasteiger partial charge in [0.1, 0.15) is 5.54 Å². The first-order chi connectivity index (χ1) is 7.78. The Morgan fingerprint density at radius 1 is 1.50 bits per heavy atom. The standard InChI is InChI=1S/C12H14N2O2/c1-2-11(15)14-7-6-13-5-3-4-10(13)12(14)8-16-9-12/h2-5H,1,6-9H2. The molecule has 0 aromatic carbocycles. The zero-order valence-electron chi connectivity index (χ0n) is 9.06. The third kappa shape index (κ3) is 1.05. The molecule has 4 heteroatoms. The van der Waals surface area contributed by atoms with Crippen LogP contribution in [0, 0.1) is 0 Å². The van der Waals surface area contributed by atoms with Gasteiger partial charge in [-0.1, -0.05) is 6.58 Å². The molecule has 1 spiro atoms. The Bertz CT molecular complexity index is 446. The highest BCUT2D eigenvalue weighted by Crippen LogP contribution is 2.39. The van der Waals surface area contributed by atoms with E-state index >= 15 is 0 Å². The molecular formula is C12H14N2O2. The molecule has 0 bridgehead atoms. The van der Waals surface area contributed by atoms with E-state index in [2.05, 4.69) is 23.4 Å². The van der Waals surface area contributed by atoms with Gasteiger partial charge in [0.25, 0.3) is 0 Å². The van der Waals surface area contributed by atoms with Gasteiger partial charge in [-0.3, -0.25) is 4.79 Å². The number of aromatic nitrogens is 1. The number of carbonyl (C=O) groups excluding carboxylic acids is 1. The zero-order valence-corrected chi connectivity index (χ0v) is 9.06. The molecule has 16 heavy (non-hydrogen) atoms. The Kier molecular flexibility index (Phi) is 1.94. The Morgan fingerprint density at radius 2 is 2.31 bits per heavy atom. The quantitative estimate of drug-likeness (QED) is 0.652. The highest BCUT2D eigenvalue weighted by Gasteiger charge is 2.50. The van der Waals surface area contributed by atoms with Crippen molar-refractivity contribution < 1.29 is 9.53 Å². The van der Waals surface area contributed by atoms with Crippen molar-refractivity contribution in [2.45, 2.75) is 12.1 Å². The fourth-order valence-electron chi connectivity index (χ4n) is 2.62. The van der Waals surface area contributed by atoms with Crippen LogP contribution < -0.4 is 0 Å². The molecule has 1 amide bonds. The molecule has 0 radical (unpaired) electrons. The van der Waals surface area contributed by atoms with E-state index in [1.54, 1.807) is 0 Å². The predicted octanol–water partition coefficient (Wildman–Crippen LogP) is 0.742. The van der Waals surface area contributed by atoms with Crippen molar-refractivity contribution in [3.05, 3.63) is 36.7 Å².